The Morgan fingerprint density at radius 2 is 1.81 bits per heavy atom. The smallest absolute Gasteiger partial charge is 0.259 e. The zero-order valence-electron chi connectivity index (χ0n) is 21.7. The number of ether oxygens (including phenoxy) is 1. The topological polar surface area (TPSA) is 85.2 Å². The Balaban J connectivity index is 1.58. The molecule has 1 saturated heterocycles. The van der Waals surface area contributed by atoms with Crippen molar-refractivity contribution < 1.29 is 4.74 Å². The van der Waals surface area contributed by atoms with Crippen molar-refractivity contribution in [2.45, 2.75) is 77.5 Å². The Morgan fingerprint density at radius 3 is 2.51 bits per heavy atom. The third-order valence-electron chi connectivity index (χ3n) is 7.32. The molecule has 3 heterocycles. The maximum atomic E-state index is 14.2. The largest absolute Gasteiger partial charge is 0.375 e. The van der Waals surface area contributed by atoms with Crippen molar-refractivity contribution in [3.8, 4) is 17.2 Å². The first-order valence-electron chi connectivity index (χ1n) is 13.2. The summed E-state index contributed by atoms with van der Waals surface area (Å²) in [6.45, 7) is 6.29. The summed E-state index contributed by atoms with van der Waals surface area (Å²) < 4.78 is 9.71. The lowest BCUT2D eigenvalue weighted by atomic mass is 9.96. The fourth-order valence-electron chi connectivity index (χ4n) is 5.60. The number of nitrogens with zero attached hydrogens (tertiary/aromatic N) is 5. The molecule has 0 bridgehead atoms. The number of fused-ring (bicyclic) bond motifs is 1. The van der Waals surface area contributed by atoms with Crippen LogP contribution in [0.25, 0.3) is 16.9 Å². The van der Waals surface area contributed by atoms with Gasteiger partial charge >= 0.3 is 0 Å². The van der Waals surface area contributed by atoms with E-state index in [2.05, 4.69) is 49.1 Å². The van der Waals surface area contributed by atoms with Gasteiger partial charge in [-0.3, -0.25) is 9.36 Å². The van der Waals surface area contributed by atoms with E-state index in [1.807, 2.05) is 45.5 Å². The molecule has 4 aromatic rings. The van der Waals surface area contributed by atoms with E-state index in [-0.39, 0.29) is 23.8 Å². The number of aromatic nitrogens is 4. The molecule has 2 aromatic heterocycles. The van der Waals surface area contributed by atoms with E-state index >= 15 is 0 Å². The van der Waals surface area contributed by atoms with E-state index in [1.54, 1.807) is 6.33 Å². The highest BCUT2D eigenvalue weighted by Gasteiger charge is 2.30. The number of hydrogen-bond donors (Lipinski definition) is 0. The van der Waals surface area contributed by atoms with Crippen molar-refractivity contribution in [2.75, 3.05) is 0 Å². The average molecular weight is 496 g/mol. The highest BCUT2D eigenvalue weighted by Crippen LogP contribution is 2.30. The van der Waals surface area contributed by atoms with Gasteiger partial charge in [0.2, 0.25) is 5.78 Å². The Morgan fingerprint density at radius 1 is 1.08 bits per heavy atom. The molecule has 1 aliphatic rings. The minimum absolute atomic E-state index is 0.0155. The van der Waals surface area contributed by atoms with Gasteiger partial charge in [-0.05, 0) is 62.3 Å². The summed E-state index contributed by atoms with van der Waals surface area (Å²) in [4.78, 5) is 18.7. The lowest BCUT2D eigenvalue weighted by molar-refractivity contribution is -0.0488. The summed E-state index contributed by atoms with van der Waals surface area (Å²) >= 11 is 0. The van der Waals surface area contributed by atoms with E-state index < -0.39 is 0 Å². The van der Waals surface area contributed by atoms with Crippen molar-refractivity contribution in [1.29, 1.82) is 5.26 Å². The second-order valence-corrected chi connectivity index (χ2v) is 10.1. The third kappa shape index (κ3) is 4.94. The molecule has 0 aliphatic carbocycles. The third-order valence-corrected chi connectivity index (χ3v) is 7.32. The van der Waals surface area contributed by atoms with Gasteiger partial charge in [-0.1, -0.05) is 55.8 Å². The molecule has 7 nitrogen and oxygen atoms in total. The fourth-order valence-corrected chi connectivity index (χ4v) is 5.60. The molecule has 1 fully saturated rings. The van der Waals surface area contributed by atoms with Crippen LogP contribution in [0.1, 0.15) is 74.9 Å². The average Bonchev–Trinajstić information content (AvgIpc) is 3.37. The zero-order valence-corrected chi connectivity index (χ0v) is 21.7. The summed E-state index contributed by atoms with van der Waals surface area (Å²) in [5, 5.41) is 14.1. The predicted molar refractivity (Wildman–Crippen MR) is 144 cm³/mol. The van der Waals surface area contributed by atoms with Gasteiger partial charge in [-0.15, -0.1) is 0 Å². The van der Waals surface area contributed by atoms with Crippen LogP contribution < -0.4 is 5.56 Å². The van der Waals surface area contributed by atoms with Crippen LogP contribution in [-0.4, -0.2) is 31.4 Å². The molecule has 190 valence electrons. The first-order chi connectivity index (χ1) is 18.0. The summed E-state index contributed by atoms with van der Waals surface area (Å²) in [6.07, 6.45) is 6.55. The quantitative estimate of drug-likeness (QED) is 0.338. The van der Waals surface area contributed by atoms with E-state index in [0.717, 1.165) is 60.1 Å². The van der Waals surface area contributed by atoms with Gasteiger partial charge in [0, 0.05) is 18.0 Å². The molecule has 0 saturated carbocycles. The van der Waals surface area contributed by atoms with Gasteiger partial charge in [0.05, 0.1) is 29.5 Å². The standard InChI is InChI=1S/C30H33N5O2/c1-4-5-10-28-27(17-22-11-13-23(14-12-22)26-9-7-6-8-24(26)18-31)29(36)34(30-32-19-33-35(28)30)25-15-20(2)37-21(3)16-25/h6-9,11-14,19-21,25H,4-5,10,15-17H2,1-3H3/t20-,21+,25?. The van der Waals surface area contributed by atoms with E-state index in [0.29, 0.717) is 17.8 Å². The molecule has 0 radical (unpaired) electrons. The Labute approximate surface area is 217 Å². The van der Waals surface area contributed by atoms with Crippen molar-refractivity contribution in [1.82, 2.24) is 19.2 Å². The van der Waals surface area contributed by atoms with Gasteiger partial charge in [-0.25, -0.2) is 4.52 Å². The lowest BCUT2D eigenvalue weighted by Gasteiger charge is -2.33. The van der Waals surface area contributed by atoms with E-state index in [9.17, 15) is 10.1 Å². The molecule has 0 spiro atoms. The zero-order chi connectivity index (χ0) is 25.9. The van der Waals surface area contributed by atoms with E-state index in [1.165, 1.54) is 0 Å². The highest BCUT2D eigenvalue weighted by atomic mass is 16.5. The van der Waals surface area contributed by atoms with Crippen molar-refractivity contribution >= 4 is 5.78 Å². The van der Waals surface area contributed by atoms with Crippen LogP contribution in [0, 0.1) is 11.3 Å². The summed E-state index contributed by atoms with van der Waals surface area (Å²) in [5.41, 5.74) is 5.35. The molecule has 0 amide bonds. The van der Waals surface area contributed by atoms with Crippen LogP contribution in [-0.2, 0) is 17.6 Å². The summed E-state index contributed by atoms with van der Waals surface area (Å²) in [5.74, 6) is 0.620. The van der Waals surface area contributed by atoms with Crippen LogP contribution in [0.2, 0.25) is 0 Å². The molecule has 1 unspecified atom stereocenters. The maximum Gasteiger partial charge on any atom is 0.259 e. The van der Waals surface area contributed by atoms with Crippen LogP contribution in [0.15, 0.2) is 59.7 Å². The van der Waals surface area contributed by atoms with Gasteiger partial charge in [0.15, 0.2) is 0 Å². The fraction of sp³-hybridized carbons (Fsp3) is 0.400. The van der Waals surface area contributed by atoms with E-state index in [4.69, 9.17) is 4.74 Å². The maximum absolute atomic E-state index is 14.2. The molecular formula is C30H33N5O2. The molecule has 2 aromatic carbocycles. The molecule has 5 rings (SSSR count). The molecule has 37 heavy (non-hydrogen) atoms. The SMILES string of the molecule is CCCCc1c(Cc2ccc(-c3ccccc3C#N)cc2)c(=O)n(C2C[C@@H](C)O[C@@H](C)C2)c2ncnn12. The molecular weight excluding hydrogens is 462 g/mol. The number of nitriles is 1. The van der Waals surface area contributed by atoms with Crippen molar-refractivity contribution in [3.63, 3.8) is 0 Å². The van der Waals surface area contributed by atoms with Gasteiger partial charge < -0.3 is 4.74 Å². The van der Waals surface area contributed by atoms with Crippen molar-refractivity contribution in [2.24, 2.45) is 0 Å². The normalized spacial score (nSPS) is 19.7. The van der Waals surface area contributed by atoms with Crippen LogP contribution in [0.4, 0.5) is 0 Å². The molecule has 3 atom stereocenters. The lowest BCUT2D eigenvalue weighted by Crippen LogP contribution is -2.38. The summed E-state index contributed by atoms with van der Waals surface area (Å²) in [7, 11) is 0. The van der Waals surface area contributed by atoms with Gasteiger partial charge in [0.25, 0.3) is 5.56 Å². The Bertz CT molecular complexity index is 1490. The number of aryl methyl sites for hydroxylation is 1. The number of benzene rings is 2. The second kappa shape index (κ2) is 10.7. The second-order valence-electron chi connectivity index (χ2n) is 10.1. The first-order valence-corrected chi connectivity index (χ1v) is 13.2. The minimum Gasteiger partial charge on any atom is -0.375 e. The summed E-state index contributed by atoms with van der Waals surface area (Å²) in [6, 6.07) is 18.1. The van der Waals surface area contributed by atoms with Crippen LogP contribution in [0.5, 0.6) is 0 Å². The first kappa shape index (κ1) is 24.9. The predicted octanol–water partition coefficient (Wildman–Crippen LogP) is 5.49. The minimum atomic E-state index is 0.0155. The molecule has 7 heteroatoms. The van der Waals surface area contributed by atoms with Gasteiger partial charge in [-0.2, -0.15) is 15.3 Å². The van der Waals surface area contributed by atoms with Crippen molar-refractivity contribution in [3.05, 3.63) is 87.6 Å². The number of unbranched alkanes of at least 4 members (excludes halogenated alkanes) is 1. The van der Waals surface area contributed by atoms with Crippen LogP contribution in [0.3, 0.4) is 0 Å². The highest BCUT2D eigenvalue weighted by molar-refractivity contribution is 5.70. The number of rotatable bonds is 7. The Hall–Kier alpha value is -3.76. The molecule has 1 aliphatic heterocycles. The molecule has 0 N–H and O–H groups in total. The number of hydrogen-bond acceptors (Lipinski definition) is 5. The van der Waals surface area contributed by atoms with Crippen LogP contribution >= 0.6 is 0 Å². The van der Waals surface area contributed by atoms with Gasteiger partial charge in [0.1, 0.15) is 6.33 Å². The monoisotopic (exact) mass is 495 g/mol. The Kier molecular flexibility index (Phi) is 7.20.